The lowest BCUT2D eigenvalue weighted by atomic mass is 10.2. The third-order valence-electron chi connectivity index (χ3n) is 3.59. The average molecular weight is 408 g/mol. The number of hydrogen-bond donors (Lipinski definition) is 1. The number of ether oxygens (including phenoxy) is 3. The van der Waals surface area contributed by atoms with Gasteiger partial charge in [-0.1, -0.05) is 35.3 Å². The highest BCUT2D eigenvalue weighted by atomic mass is 35.5. The van der Waals surface area contributed by atoms with E-state index in [0.29, 0.717) is 33.7 Å². The molecule has 1 heterocycles. The van der Waals surface area contributed by atoms with Crippen LogP contribution in [0.4, 0.5) is 0 Å². The van der Waals surface area contributed by atoms with Crippen LogP contribution in [0.5, 0.6) is 11.5 Å². The Balaban J connectivity index is 1.46. The van der Waals surface area contributed by atoms with E-state index in [9.17, 15) is 9.59 Å². The van der Waals surface area contributed by atoms with E-state index in [1.54, 1.807) is 30.3 Å². The molecule has 0 aliphatic carbocycles. The Labute approximate surface area is 165 Å². The molecule has 1 amide bonds. The van der Waals surface area contributed by atoms with Crippen molar-refractivity contribution >= 4 is 41.2 Å². The fourth-order valence-corrected chi connectivity index (χ4v) is 2.82. The number of fused-ring (bicyclic) bond motifs is 1. The molecule has 0 spiro atoms. The zero-order valence-corrected chi connectivity index (χ0v) is 15.5. The largest absolute Gasteiger partial charge is 0.454 e. The number of nitrogens with one attached hydrogen (secondary N) is 1. The predicted molar refractivity (Wildman–Crippen MR) is 101 cm³/mol. The number of amides is 1. The Morgan fingerprint density at radius 1 is 1.19 bits per heavy atom. The van der Waals surface area contributed by atoms with E-state index in [2.05, 4.69) is 5.32 Å². The van der Waals surface area contributed by atoms with Crippen molar-refractivity contribution in [2.45, 2.75) is 6.54 Å². The van der Waals surface area contributed by atoms with Crippen LogP contribution in [0.3, 0.4) is 0 Å². The Bertz CT molecular complexity index is 898. The maximum atomic E-state index is 11.8. The molecule has 1 aliphatic rings. The van der Waals surface area contributed by atoms with Crippen LogP contribution < -0.4 is 14.8 Å². The summed E-state index contributed by atoms with van der Waals surface area (Å²) in [4.78, 5) is 23.5. The first-order chi connectivity index (χ1) is 13.0. The van der Waals surface area contributed by atoms with Crippen molar-refractivity contribution in [2.75, 3.05) is 13.4 Å². The molecule has 27 heavy (non-hydrogen) atoms. The lowest BCUT2D eigenvalue weighted by Crippen LogP contribution is -2.28. The minimum atomic E-state index is -0.651. The first-order valence-electron chi connectivity index (χ1n) is 7.96. The van der Waals surface area contributed by atoms with Gasteiger partial charge in [-0.2, -0.15) is 0 Å². The number of hydrogen-bond acceptors (Lipinski definition) is 5. The van der Waals surface area contributed by atoms with Crippen LogP contribution in [0.1, 0.15) is 11.1 Å². The summed E-state index contributed by atoms with van der Waals surface area (Å²) in [6.07, 6.45) is 2.72. The van der Waals surface area contributed by atoms with E-state index >= 15 is 0 Å². The second kappa shape index (κ2) is 8.79. The first kappa shape index (κ1) is 19.1. The molecule has 6 nitrogen and oxygen atoms in total. The standard InChI is InChI=1S/C19H15Cl2NO5/c20-14-3-1-2-13(6-14)9-22-17(23)10-25-18(24)5-4-12-7-15(21)19-16(8-12)26-11-27-19/h1-8H,9-11H2,(H,22,23)/b5-4+. The molecule has 0 aromatic heterocycles. The summed E-state index contributed by atoms with van der Waals surface area (Å²) >= 11 is 11.9. The third-order valence-corrected chi connectivity index (χ3v) is 4.10. The summed E-state index contributed by atoms with van der Waals surface area (Å²) in [5, 5.41) is 3.62. The highest BCUT2D eigenvalue weighted by molar-refractivity contribution is 6.32. The molecule has 0 radical (unpaired) electrons. The maximum absolute atomic E-state index is 11.8. The van der Waals surface area contributed by atoms with E-state index in [1.807, 2.05) is 6.07 Å². The van der Waals surface area contributed by atoms with Crippen LogP contribution in [-0.2, 0) is 20.9 Å². The van der Waals surface area contributed by atoms with Gasteiger partial charge in [-0.05, 0) is 41.5 Å². The minimum Gasteiger partial charge on any atom is -0.454 e. The van der Waals surface area contributed by atoms with Gasteiger partial charge in [0.05, 0.1) is 5.02 Å². The number of carbonyl (C=O) groups is 2. The summed E-state index contributed by atoms with van der Waals surface area (Å²) in [6.45, 7) is 0.0165. The van der Waals surface area contributed by atoms with Gasteiger partial charge in [0.2, 0.25) is 6.79 Å². The van der Waals surface area contributed by atoms with Crippen LogP contribution >= 0.6 is 23.2 Å². The van der Waals surface area contributed by atoms with Crippen LogP contribution in [0, 0.1) is 0 Å². The van der Waals surface area contributed by atoms with Gasteiger partial charge < -0.3 is 19.5 Å². The van der Waals surface area contributed by atoms with Crippen LogP contribution in [0.15, 0.2) is 42.5 Å². The van der Waals surface area contributed by atoms with Crippen molar-refractivity contribution in [2.24, 2.45) is 0 Å². The van der Waals surface area contributed by atoms with Crippen molar-refractivity contribution in [1.82, 2.24) is 5.32 Å². The summed E-state index contributed by atoms with van der Waals surface area (Å²) < 4.78 is 15.4. The molecular formula is C19H15Cl2NO5. The first-order valence-corrected chi connectivity index (χ1v) is 8.72. The van der Waals surface area contributed by atoms with Gasteiger partial charge in [0.15, 0.2) is 18.1 Å². The summed E-state index contributed by atoms with van der Waals surface area (Å²) in [5.41, 5.74) is 1.49. The van der Waals surface area contributed by atoms with Crippen LogP contribution in [0.25, 0.3) is 6.08 Å². The van der Waals surface area contributed by atoms with Gasteiger partial charge in [0, 0.05) is 17.6 Å². The molecule has 0 saturated heterocycles. The predicted octanol–water partition coefficient (Wildman–Crippen LogP) is 3.59. The molecule has 2 aromatic rings. The zero-order valence-electron chi connectivity index (χ0n) is 14.0. The summed E-state index contributed by atoms with van der Waals surface area (Å²) in [6, 6.07) is 10.4. The quantitative estimate of drug-likeness (QED) is 0.584. The zero-order chi connectivity index (χ0) is 19.2. The van der Waals surface area contributed by atoms with Gasteiger partial charge in [-0.3, -0.25) is 4.79 Å². The molecule has 1 N–H and O–H groups in total. The van der Waals surface area contributed by atoms with E-state index in [0.717, 1.165) is 5.56 Å². The molecule has 2 aromatic carbocycles. The Morgan fingerprint density at radius 2 is 2.04 bits per heavy atom. The third kappa shape index (κ3) is 5.39. The molecule has 3 rings (SSSR count). The second-order valence-electron chi connectivity index (χ2n) is 5.58. The number of halogens is 2. The number of esters is 1. The van der Waals surface area contributed by atoms with Gasteiger partial charge in [0.1, 0.15) is 0 Å². The second-order valence-corrected chi connectivity index (χ2v) is 6.43. The van der Waals surface area contributed by atoms with Gasteiger partial charge in [-0.25, -0.2) is 4.79 Å². The maximum Gasteiger partial charge on any atom is 0.331 e. The van der Waals surface area contributed by atoms with Crippen LogP contribution in [0.2, 0.25) is 10.0 Å². The van der Waals surface area contributed by atoms with Crippen LogP contribution in [-0.4, -0.2) is 25.3 Å². The fourth-order valence-electron chi connectivity index (χ4n) is 2.33. The molecule has 0 saturated carbocycles. The number of carbonyl (C=O) groups excluding carboxylic acids is 2. The Morgan fingerprint density at radius 3 is 2.85 bits per heavy atom. The molecular weight excluding hydrogens is 393 g/mol. The molecule has 0 unspecified atom stereocenters. The van der Waals surface area contributed by atoms with E-state index < -0.39 is 11.9 Å². The SMILES string of the molecule is O=C(COC(=O)/C=C/c1cc(Cl)c2c(c1)OCO2)NCc1cccc(Cl)c1. The van der Waals surface area contributed by atoms with Crippen molar-refractivity contribution < 1.29 is 23.8 Å². The lowest BCUT2D eigenvalue weighted by molar-refractivity contribution is -0.143. The van der Waals surface area contributed by atoms with Crippen molar-refractivity contribution in [3.63, 3.8) is 0 Å². The smallest absolute Gasteiger partial charge is 0.331 e. The van der Waals surface area contributed by atoms with E-state index in [1.165, 1.54) is 12.2 Å². The lowest BCUT2D eigenvalue weighted by Gasteiger charge is -2.06. The molecule has 140 valence electrons. The monoisotopic (exact) mass is 407 g/mol. The summed E-state index contributed by atoms with van der Waals surface area (Å²) in [5.74, 6) is -0.0757. The average Bonchev–Trinajstić information content (AvgIpc) is 3.12. The van der Waals surface area contributed by atoms with Gasteiger partial charge in [0.25, 0.3) is 5.91 Å². The van der Waals surface area contributed by atoms with Crippen molar-refractivity contribution in [1.29, 1.82) is 0 Å². The molecule has 8 heteroatoms. The highest BCUT2D eigenvalue weighted by Crippen LogP contribution is 2.40. The number of rotatable bonds is 6. The molecule has 0 atom stereocenters. The van der Waals surface area contributed by atoms with Gasteiger partial charge in [-0.15, -0.1) is 0 Å². The van der Waals surface area contributed by atoms with Gasteiger partial charge >= 0.3 is 5.97 Å². The molecule has 0 fully saturated rings. The normalized spacial score (nSPS) is 12.2. The molecule has 1 aliphatic heterocycles. The van der Waals surface area contributed by atoms with E-state index in [4.69, 9.17) is 37.4 Å². The number of benzene rings is 2. The van der Waals surface area contributed by atoms with Crippen molar-refractivity contribution in [3.8, 4) is 11.5 Å². The topological polar surface area (TPSA) is 73.9 Å². The fraction of sp³-hybridized carbons (Fsp3) is 0.158. The Kier molecular flexibility index (Phi) is 6.21. The highest BCUT2D eigenvalue weighted by Gasteiger charge is 2.17. The molecule has 0 bridgehead atoms. The Hall–Kier alpha value is -2.70. The van der Waals surface area contributed by atoms with Crippen molar-refractivity contribution in [3.05, 3.63) is 63.6 Å². The summed E-state index contributed by atoms with van der Waals surface area (Å²) in [7, 11) is 0. The minimum absolute atomic E-state index is 0.106. The van der Waals surface area contributed by atoms with E-state index in [-0.39, 0.29) is 13.4 Å².